The van der Waals surface area contributed by atoms with E-state index in [1.165, 1.54) is 0 Å². The molecule has 29 heavy (non-hydrogen) atoms. The van der Waals surface area contributed by atoms with E-state index in [2.05, 4.69) is 15.6 Å². The highest BCUT2D eigenvalue weighted by molar-refractivity contribution is 6.00. The molecule has 1 unspecified atom stereocenters. The van der Waals surface area contributed by atoms with Crippen LogP contribution in [0.5, 0.6) is 0 Å². The number of aryl methyl sites for hydroxylation is 1. The minimum Gasteiger partial charge on any atom is -0.364 e. The monoisotopic (exact) mass is 407 g/mol. The Morgan fingerprint density at radius 2 is 1.90 bits per heavy atom. The molecular weight excluding hydrogens is 380 g/mol. The zero-order valence-electron chi connectivity index (χ0n) is 16.6. The van der Waals surface area contributed by atoms with Crippen molar-refractivity contribution in [3.8, 4) is 0 Å². The first kappa shape index (κ1) is 20.2. The first-order chi connectivity index (χ1) is 13.8. The molecule has 0 spiro atoms. The molecule has 3 fully saturated rings. The summed E-state index contributed by atoms with van der Waals surface area (Å²) >= 11 is 0. The number of nitrogens with one attached hydrogen (secondary N) is 2. The van der Waals surface area contributed by atoms with Gasteiger partial charge in [0.15, 0.2) is 0 Å². The van der Waals surface area contributed by atoms with E-state index in [1.807, 2.05) is 4.90 Å². The number of amides is 2. The van der Waals surface area contributed by atoms with Crippen molar-refractivity contribution in [1.29, 1.82) is 0 Å². The average Bonchev–Trinajstić information content (AvgIpc) is 2.68. The number of carbonyl (C=O) groups is 2. The van der Waals surface area contributed by atoms with E-state index in [9.17, 15) is 18.4 Å². The molecule has 2 amide bonds. The number of alkyl halides is 2. The number of piperidine rings is 2. The van der Waals surface area contributed by atoms with Crippen LogP contribution < -0.4 is 15.5 Å². The average molecular weight is 407 g/mol. The maximum absolute atomic E-state index is 15.0. The van der Waals surface area contributed by atoms with Crippen LogP contribution in [0.15, 0.2) is 12.1 Å². The molecule has 4 heterocycles. The molecule has 2 N–H and O–H groups in total. The first-order valence-corrected chi connectivity index (χ1v) is 10.2. The van der Waals surface area contributed by atoms with Crippen LogP contribution in [0.25, 0.3) is 0 Å². The number of hydrogen-bond donors (Lipinski definition) is 2. The van der Waals surface area contributed by atoms with Crippen LogP contribution in [0.1, 0.15) is 36.6 Å². The van der Waals surface area contributed by atoms with Crippen molar-refractivity contribution < 1.29 is 18.4 Å². The Bertz CT molecular complexity index is 797. The Hall–Kier alpha value is -2.13. The number of anilines is 1. The third kappa shape index (κ3) is 4.11. The lowest BCUT2D eigenvalue weighted by atomic mass is 9.93. The fourth-order valence-electron chi connectivity index (χ4n) is 4.65. The molecule has 1 aromatic heterocycles. The zero-order valence-corrected chi connectivity index (χ0v) is 16.6. The van der Waals surface area contributed by atoms with Crippen LogP contribution in [0.3, 0.4) is 0 Å². The summed E-state index contributed by atoms with van der Waals surface area (Å²) in [5.74, 6) is -3.89. The molecule has 3 aliphatic rings. The molecule has 7 nitrogen and oxygen atoms in total. The van der Waals surface area contributed by atoms with Gasteiger partial charge in [0.05, 0.1) is 35.6 Å². The van der Waals surface area contributed by atoms with Gasteiger partial charge in [0.2, 0.25) is 11.8 Å². The molecule has 9 heteroatoms. The molecule has 4 rings (SSSR count). The molecule has 0 radical (unpaired) electrons. The topological polar surface area (TPSA) is 77.6 Å². The van der Waals surface area contributed by atoms with Gasteiger partial charge in [-0.3, -0.25) is 24.8 Å². The molecular formula is C20H27F2N5O2. The molecule has 2 atom stereocenters. The number of halogens is 2. The highest BCUT2D eigenvalue weighted by Gasteiger charge is 2.47. The molecule has 0 aliphatic carbocycles. The van der Waals surface area contributed by atoms with Gasteiger partial charge in [-0.2, -0.15) is 0 Å². The highest BCUT2D eigenvalue weighted by Crippen LogP contribution is 2.35. The Morgan fingerprint density at radius 1 is 1.14 bits per heavy atom. The molecule has 0 aromatic carbocycles. The lowest BCUT2D eigenvalue weighted by Gasteiger charge is -2.45. The van der Waals surface area contributed by atoms with Crippen molar-refractivity contribution in [1.82, 2.24) is 20.5 Å². The number of rotatable bonds is 3. The molecule has 0 saturated carbocycles. The smallest absolute Gasteiger partial charge is 0.280 e. The first-order valence-electron chi connectivity index (χ1n) is 10.2. The molecule has 3 saturated heterocycles. The van der Waals surface area contributed by atoms with Gasteiger partial charge >= 0.3 is 0 Å². The normalized spacial score (nSPS) is 28.3. The van der Waals surface area contributed by atoms with E-state index in [-0.39, 0.29) is 24.8 Å². The van der Waals surface area contributed by atoms with Gasteiger partial charge in [-0.1, -0.05) is 0 Å². The van der Waals surface area contributed by atoms with E-state index in [4.69, 9.17) is 0 Å². The summed E-state index contributed by atoms with van der Waals surface area (Å²) in [5.41, 5.74) is 1.89. The van der Waals surface area contributed by atoms with E-state index >= 15 is 0 Å². The summed E-state index contributed by atoms with van der Waals surface area (Å²) in [5, 5.41) is 5.54. The Balaban J connectivity index is 1.48. The lowest BCUT2D eigenvalue weighted by Crippen LogP contribution is -2.61. The summed E-state index contributed by atoms with van der Waals surface area (Å²) in [6.45, 7) is 4.81. The second kappa shape index (κ2) is 7.95. The van der Waals surface area contributed by atoms with Gasteiger partial charge < -0.3 is 10.2 Å². The van der Waals surface area contributed by atoms with Crippen molar-refractivity contribution in [2.45, 2.75) is 44.1 Å². The second-order valence-electron chi connectivity index (χ2n) is 8.12. The summed E-state index contributed by atoms with van der Waals surface area (Å²) in [7, 11) is 0. The van der Waals surface area contributed by atoms with Gasteiger partial charge in [-0.05, 0) is 31.9 Å². The van der Waals surface area contributed by atoms with Crippen LogP contribution >= 0.6 is 0 Å². The fourth-order valence-corrected chi connectivity index (χ4v) is 4.65. The molecule has 0 bridgehead atoms. The standard InChI is InChI=1S/C20H27F2N5O2/c1-13-16(4-3-15(24-13)14-2-5-18(28)25-19(14)29)27-9-6-17(20(21,22)12-27)26-10-7-23-8-11-26/h3-4,14,17,23H,2,5-12H2,1H3,(H,25,28,29)/t14?,17-/m1/s1. The van der Waals surface area contributed by atoms with Crippen molar-refractivity contribution >= 4 is 17.5 Å². The van der Waals surface area contributed by atoms with Gasteiger partial charge in [0.1, 0.15) is 0 Å². The predicted octanol–water partition coefficient (Wildman–Crippen LogP) is 1.03. The van der Waals surface area contributed by atoms with Crippen molar-refractivity contribution in [2.24, 2.45) is 0 Å². The Kier molecular flexibility index (Phi) is 5.52. The molecule has 1 aromatic rings. The van der Waals surface area contributed by atoms with Crippen molar-refractivity contribution in [3.05, 3.63) is 23.5 Å². The molecule has 3 aliphatic heterocycles. The maximum atomic E-state index is 15.0. The number of piperazine rings is 1. The number of aromatic nitrogens is 1. The van der Waals surface area contributed by atoms with Gasteiger partial charge in [0.25, 0.3) is 5.92 Å². The van der Waals surface area contributed by atoms with Gasteiger partial charge in [-0.25, -0.2) is 8.78 Å². The van der Waals surface area contributed by atoms with E-state index in [0.717, 1.165) is 13.1 Å². The SMILES string of the molecule is Cc1nc(C2CCC(=O)NC2=O)ccc1N1CC[C@@H](N2CCNCC2)C(F)(F)C1. The number of nitrogens with zero attached hydrogens (tertiary/aromatic N) is 3. The van der Waals surface area contributed by atoms with E-state index in [0.29, 0.717) is 49.6 Å². The minimum atomic E-state index is -2.80. The predicted molar refractivity (Wildman–Crippen MR) is 104 cm³/mol. The number of pyridine rings is 1. The van der Waals surface area contributed by atoms with Crippen LogP contribution in [-0.4, -0.2) is 72.9 Å². The summed E-state index contributed by atoms with van der Waals surface area (Å²) in [6.07, 6.45) is 1.11. The van der Waals surface area contributed by atoms with Crippen LogP contribution in [-0.2, 0) is 9.59 Å². The number of carbonyl (C=O) groups excluding carboxylic acids is 2. The summed E-state index contributed by atoms with van der Waals surface area (Å²) in [6, 6.07) is 2.78. The van der Waals surface area contributed by atoms with Gasteiger partial charge in [-0.15, -0.1) is 0 Å². The number of imide groups is 1. The van der Waals surface area contributed by atoms with E-state index < -0.39 is 17.9 Å². The number of hydrogen-bond acceptors (Lipinski definition) is 6. The quantitative estimate of drug-likeness (QED) is 0.729. The van der Waals surface area contributed by atoms with Crippen molar-refractivity contribution in [3.63, 3.8) is 0 Å². The van der Waals surface area contributed by atoms with Crippen LogP contribution in [0.2, 0.25) is 0 Å². The Labute approximate surface area is 168 Å². The largest absolute Gasteiger partial charge is 0.364 e. The molecule has 158 valence electrons. The summed E-state index contributed by atoms with van der Waals surface area (Å²) < 4.78 is 29.9. The third-order valence-corrected chi connectivity index (χ3v) is 6.17. The second-order valence-corrected chi connectivity index (χ2v) is 8.12. The lowest BCUT2D eigenvalue weighted by molar-refractivity contribution is -0.134. The third-order valence-electron chi connectivity index (χ3n) is 6.17. The van der Waals surface area contributed by atoms with Crippen molar-refractivity contribution in [2.75, 3.05) is 44.2 Å². The van der Waals surface area contributed by atoms with E-state index in [1.54, 1.807) is 24.0 Å². The van der Waals surface area contributed by atoms with Crippen LogP contribution in [0, 0.1) is 6.92 Å². The fraction of sp³-hybridized carbons (Fsp3) is 0.650. The maximum Gasteiger partial charge on any atom is 0.280 e. The minimum absolute atomic E-state index is 0.269. The highest BCUT2D eigenvalue weighted by atomic mass is 19.3. The zero-order chi connectivity index (χ0) is 20.6. The Morgan fingerprint density at radius 3 is 2.55 bits per heavy atom. The van der Waals surface area contributed by atoms with Crippen LogP contribution in [0.4, 0.5) is 14.5 Å². The summed E-state index contributed by atoms with van der Waals surface area (Å²) in [4.78, 5) is 31.6. The van der Waals surface area contributed by atoms with Gasteiger partial charge in [0, 0.05) is 39.1 Å².